The minimum Gasteiger partial charge on any atom is -0.333 e. The molecule has 2 aliphatic rings. The summed E-state index contributed by atoms with van der Waals surface area (Å²) >= 11 is 1.33. The second kappa shape index (κ2) is 10.6. The molecule has 1 aliphatic carbocycles. The first-order chi connectivity index (χ1) is 18.6. The highest BCUT2D eigenvalue weighted by Gasteiger charge is 2.39. The number of hydrogen-bond acceptors (Lipinski definition) is 5. The third-order valence-electron chi connectivity index (χ3n) is 7.72. The Morgan fingerprint density at radius 3 is 2.72 bits per heavy atom. The van der Waals surface area contributed by atoms with E-state index in [-0.39, 0.29) is 17.0 Å². The van der Waals surface area contributed by atoms with Gasteiger partial charge >= 0.3 is 6.18 Å². The number of benzene rings is 1. The summed E-state index contributed by atoms with van der Waals surface area (Å²) < 4.78 is 43.2. The fraction of sp³-hybridized carbons (Fsp3) is 0.414. The summed E-state index contributed by atoms with van der Waals surface area (Å²) in [6, 6.07) is 11.0. The average Bonchev–Trinajstić information content (AvgIpc) is 3.53. The van der Waals surface area contributed by atoms with E-state index in [2.05, 4.69) is 23.4 Å². The third-order valence-corrected chi connectivity index (χ3v) is 8.76. The van der Waals surface area contributed by atoms with Crippen molar-refractivity contribution in [2.24, 2.45) is 0 Å². The third kappa shape index (κ3) is 5.52. The second-order valence-corrected chi connectivity index (χ2v) is 11.5. The molecule has 2 aromatic heterocycles. The lowest BCUT2D eigenvalue weighted by atomic mass is 9.78. The molecule has 5 rings (SSSR count). The first-order valence-corrected chi connectivity index (χ1v) is 13.9. The number of aromatic nitrogens is 2. The van der Waals surface area contributed by atoms with E-state index in [1.54, 1.807) is 36.1 Å². The van der Waals surface area contributed by atoms with Gasteiger partial charge in [-0.15, -0.1) is 11.3 Å². The van der Waals surface area contributed by atoms with Crippen LogP contribution in [0.2, 0.25) is 0 Å². The molecule has 6 nitrogen and oxygen atoms in total. The van der Waals surface area contributed by atoms with Gasteiger partial charge in [0.1, 0.15) is 10.9 Å². The molecular formula is C29H30F3N5OS. The van der Waals surface area contributed by atoms with Crippen LogP contribution in [0.3, 0.4) is 0 Å². The van der Waals surface area contributed by atoms with Crippen LogP contribution in [0.1, 0.15) is 65.6 Å². The van der Waals surface area contributed by atoms with Crippen LogP contribution in [0.25, 0.3) is 11.1 Å². The maximum absolute atomic E-state index is 14.0. The molecule has 0 radical (unpaired) electrons. The number of fused-ring (bicyclic) bond motifs is 1. The Morgan fingerprint density at radius 1 is 1.28 bits per heavy atom. The lowest BCUT2D eigenvalue weighted by Gasteiger charge is -2.39. The number of rotatable bonds is 7. The molecule has 10 heteroatoms. The fourth-order valence-corrected chi connectivity index (χ4v) is 6.43. The van der Waals surface area contributed by atoms with Crippen LogP contribution < -0.4 is 5.32 Å². The van der Waals surface area contributed by atoms with Crippen molar-refractivity contribution in [3.63, 3.8) is 0 Å². The molecule has 1 N–H and O–H groups in total. The van der Waals surface area contributed by atoms with E-state index >= 15 is 0 Å². The number of carbonyl (C=O) groups excluding carboxylic acids is 1. The topological polar surface area (TPSA) is 74.0 Å². The fourth-order valence-electron chi connectivity index (χ4n) is 5.40. The van der Waals surface area contributed by atoms with Gasteiger partial charge in [-0.3, -0.25) is 9.48 Å². The van der Waals surface area contributed by atoms with E-state index in [9.17, 15) is 23.2 Å². The molecule has 3 aromatic rings. The van der Waals surface area contributed by atoms with Gasteiger partial charge in [0.25, 0.3) is 0 Å². The highest BCUT2D eigenvalue weighted by molar-refractivity contribution is 7.12. The van der Waals surface area contributed by atoms with Gasteiger partial charge < -0.3 is 10.2 Å². The Morgan fingerprint density at radius 2 is 2.05 bits per heavy atom. The Labute approximate surface area is 229 Å². The summed E-state index contributed by atoms with van der Waals surface area (Å²) in [5, 5.41) is 16.8. The largest absolute Gasteiger partial charge is 0.435 e. The van der Waals surface area contributed by atoms with Crippen molar-refractivity contribution in [1.82, 2.24) is 20.0 Å². The summed E-state index contributed by atoms with van der Waals surface area (Å²) in [5.41, 5.74) is 1.19. The predicted octanol–water partition coefficient (Wildman–Crippen LogP) is 6.08. The zero-order chi connectivity index (χ0) is 27.8. The first kappa shape index (κ1) is 27.2. The standard InChI is InChI=1S/C29H30F3N5OS/c1-3-37-17-24(27(35-37)29(30,31)32)21-9-5-4-8-20(21)23-16-36(18-25-22(23)14-19(15-33)39-25)26(38)10-6-13-34-28(2)11-7-12-28/h4-6,8-10,14,17,23,34H,3,7,11-13,16,18H2,1-2H3/b10-6+/t23-/m0/s1. The van der Waals surface area contributed by atoms with Crippen LogP contribution in [0.4, 0.5) is 13.2 Å². The molecule has 39 heavy (non-hydrogen) atoms. The quantitative estimate of drug-likeness (QED) is 0.360. The van der Waals surface area contributed by atoms with Gasteiger partial charge in [0.05, 0.1) is 6.54 Å². The van der Waals surface area contributed by atoms with Gasteiger partial charge in [-0.05, 0) is 55.9 Å². The van der Waals surface area contributed by atoms with Gasteiger partial charge in [0.15, 0.2) is 5.69 Å². The minimum atomic E-state index is -4.62. The summed E-state index contributed by atoms with van der Waals surface area (Å²) in [6.07, 6.45) is 3.66. The first-order valence-electron chi connectivity index (χ1n) is 13.1. The van der Waals surface area contributed by atoms with Crippen molar-refractivity contribution in [2.75, 3.05) is 13.1 Å². The maximum atomic E-state index is 14.0. The Balaban J connectivity index is 1.49. The average molecular weight is 554 g/mol. The van der Waals surface area contributed by atoms with Crippen LogP contribution in [-0.2, 0) is 24.1 Å². The molecular weight excluding hydrogens is 523 g/mol. The number of nitriles is 1. The predicted molar refractivity (Wildman–Crippen MR) is 144 cm³/mol. The Hall–Kier alpha value is -3.42. The van der Waals surface area contributed by atoms with Crippen LogP contribution in [0.15, 0.2) is 48.7 Å². The molecule has 204 valence electrons. The molecule has 0 spiro atoms. The molecule has 1 aliphatic heterocycles. The van der Waals surface area contributed by atoms with Crippen LogP contribution >= 0.6 is 11.3 Å². The number of alkyl halides is 3. The lowest BCUT2D eigenvalue weighted by molar-refractivity contribution is -0.141. The van der Waals surface area contributed by atoms with Crippen molar-refractivity contribution in [3.8, 4) is 17.2 Å². The molecule has 3 heterocycles. The molecule has 1 saturated carbocycles. The number of hydrogen-bond donors (Lipinski definition) is 1. The normalized spacial score (nSPS) is 18.6. The Kier molecular flexibility index (Phi) is 7.40. The van der Waals surface area contributed by atoms with E-state index in [0.717, 1.165) is 23.3 Å². The number of carbonyl (C=O) groups is 1. The molecule has 0 saturated heterocycles. The van der Waals surface area contributed by atoms with Gasteiger partial charge in [0, 0.05) is 53.8 Å². The number of thiophene rings is 1. The zero-order valence-electron chi connectivity index (χ0n) is 21.9. The van der Waals surface area contributed by atoms with Crippen molar-refractivity contribution >= 4 is 17.2 Å². The monoisotopic (exact) mass is 553 g/mol. The van der Waals surface area contributed by atoms with Crippen molar-refractivity contribution in [3.05, 3.63) is 75.3 Å². The summed E-state index contributed by atoms with van der Waals surface area (Å²) in [6.45, 7) is 5.46. The second-order valence-electron chi connectivity index (χ2n) is 10.4. The van der Waals surface area contributed by atoms with Crippen molar-refractivity contribution < 1.29 is 18.0 Å². The van der Waals surface area contributed by atoms with Gasteiger partial charge in [-0.2, -0.15) is 23.5 Å². The van der Waals surface area contributed by atoms with Gasteiger partial charge in [0.2, 0.25) is 5.91 Å². The molecule has 1 amide bonds. The van der Waals surface area contributed by atoms with E-state index in [1.165, 1.54) is 28.6 Å². The van der Waals surface area contributed by atoms with E-state index in [1.807, 2.05) is 18.2 Å². The summed E-state index contributed by atoms with van der Waals surface area (Å²) in [5.74, 6) is -0.552. The molecule has 0 bridgehead atoms. The zero-order valence-corrected chi connectivity index (χ0v) is 22.7. The van der Waals surface area contributed by atoms with Crippen molar-refractivity contribution in [1.29, 1.82) is 5.26 Å². The molecule has 1 fully saturated rings. The highest BCUT2D eigenvalue weighted by Crippen LogP contribution is 2.44. The van der Waals surface area contributed by atoms with E-state index in [0.29, 0.717) is 42.2 Å². The highest BCUT2D eigenvalue weighted by atomic mass is 32.1. The summed E-state index contributed by atoms with van der Waals surface area (Å²) in [7, 11) is 0. The molecule has 1 atom stereocenters. The van der Waals surface area contributed by atoms with E-state index < -0.39 is 17.8 Å². The number of halogens is 3. The molecule has 0 unspecified atom stereocenters. The number of amides is 1. The Bertz CT molecular complexity index is 1440. The number of nitrogens with zero attached hydrogens (tertiary/aromatic N) is 4. The van der Waals surface area contributed by atoms with Crippen molar-refractivity contribution in [2.45, 2.75) is 63.8 Å². The number of aryl methyl sites for hydroxylation is 1. The molecule has 1 aromatic carbocycles. The van der Waals surface area contributed by atoms with Crippen LogP contribution in [0, 0.1) is 11.3 Å². The van der Waals surface area contributed by atoms with Crippen LogP contribution in [-0.4, -0.2) is 39.2 Å². The maximum Gasteiger partial charge on any atom is 0.435 e. The van der Waals surface area contributed by atoms with Crippen LogP contribution in [0.5, 0.6) is 0 Å². The minimum absolute atomic E-state index is 0.0103. The number of nitrogens with one attached hydrogen (secondary N) is 1. The van der Waals surface area contributed by atoms with E-state index in [4.69, 9.17) is 0 Å². The van der Waals surface area contributed by atoms with Gasteiger partial charge in [-0.25, -0.2) is 0 Å². The SMILES string of the molecule is CCn1cc(-c2ccccc2[C@@H]2CN(C(=O)/C=C/CNC3(C)CCC3)Cc3sc(C#N)cc32)c(C(F)(F)F)n1. The van der Waals surface area contributed by atoms with Gasteiger partial charge in [-0.1, -0.05) is 30.3 Å². The lowest BCUT2D eigenvalue weighted by Crippen LogP contribution is -2.48. The summed E-state index contributed by atoms with van der Waals surface area (Å²) in [4.78, 5) is 16.3. The smallest absolute Gasteiger partial charge is 0.333 e.